The van der Waals surface area contributed by atoms with Crippen molar-refractivity contribution in [3.63, 3.8) is 0 Å². The van der Waals surface area contributed by atoms with Gasteiger partial charge < -0.3 is 19.9 Å². The van der Waals surface area contributed by atoms with E-state index in [9.17, 15) is 5.11 Å². The van der Waals surface area contributed by atoms with Gasteiger partial charge in [-0.3, -0.25) is 0 Å². The summed E-state index contributed by atoms with van der Waals surface area (Å²) < 4.78 is 10.7. The summed E-state index contributed by atoms with van der Waals surface area (Å²) in [7, 11) is 3.09. The van der Waals surface area contributed by atoms with Crippen LogP contribution in [0.25, 0.3) is 0 Å². The number of thioether (sulfide) groups is 1. The number of phenols is 1. The Bertz CT molecular complexity index is 433. The first-order chi connectivity index (χ1) is 9.58. The van der Waals surface area contributed by atoms with Crippen molar-refractivity contribution in [2.45, 2.75) is 31.1 Å². The van der Waals surface area contributed by atoms with Gasteiger partial charge in [0, 0.05) is 17.8 Å². The van der Waals surface area contributed by atoms with Crippen LogP contribution in [-0.2, 0) is 6.54 Å². The lowest BCUT2D eigenvalue weighted by atomic mass is 10.1. The second-order valence-corrected chi connectivity index (χ2v) is 7.04. The number of ether oxygens (including phenoxy) is 2. The summed E-state index contributed by atoms with van der Waals surface area (Å²) in [5.41, 5.74) is 1.04. The van der Waals surface area contributed by atoms with Crippen molar-refractivity contribution >= 4 is 11.8 Å². The van der Waals surface area contributed by atoms with Crippen LogP contribution in [0.4, 0.5) is 0 Å². The van der Waals surface area contributed by atoms with Gasteiger partial charge in [0.15, 0.2) is 11.5 Å². The minimum Gasteiger partial charge on any atom is -0.502 e. The van der Waals surface area contributed by atoms with E-state index in [1.807, 2.05) is 23.9 Å². The highest BCUT2D eigenvalue weighted by Crippen LogP contribution is 2.38. The molecule has 0 spiro atoms. The average Bonchev–Trinajstić information content (AvgIpc) is 2.87. The molecule has 1 fully saturated rings. The summed E-state index contributed by atoms with van der Waals surface area (Å²) >= 11 is 2.05. The summed E-state index contributed by atoms with van der Waals surface area (Å²) in [5, 5.41) is 13.4. The molecule has 1 aromatic rings. The van der Waals surface area contributed by atoms with Crippen LogP contribution in [0.2, 0.25) is 0 Å². The molecular weight excluding hydrogens is 274 g/mol. The van der Waals surface area contributed by atoms with E-state index in [-0.39, 0.29) is 5.75 Å². The Morgan fingerprint density at radius 1 is 1.30 bits per heavy atom. The average molecular weight is 297 g/mol. The lowest BCUT2D eigenvalue weighted by molar-refractivity contribution is 0.339. The summed E-state index contributed by atoms with van der Waals surface area (Å²) in [4.78, 5) is 0. The second-order valence-electron chi connectivity index (χ2n) is 5.35. The van der Waals surface area contributed by atoms with Gasteiger partial charge in [-0.05, 0) is 43.2 Å². The Hall–Kier alpha value is -1.07. The van der Waals surface area contributed by atoms with Gasteiger partial charge >= 0.3 is 0 Å². The molecule has 1 saturated heterocycles. The maximum atomic E-state index is 9.88. The number of rotatable bonds is 6. The SMILES string of the molecule is COc1cc(CNCC2(C)CCCS2)cc(OC)c1O. The molecule has 1 unspecified atom stereocenters. The maximum absolute atomic E-state index is 9.88. The van der Waals surface area contributed by atoms with E-state index in [1.165, 1.54) is 18.6 Å². The first-order valence-electron chi connectivity index (χ1n) is 6.86. The molecule has 0 aromatic heterocycles. The minimum absolute atomic E-state index is 0.0528. The van der Waals surface area contributed by atoms with Gasteiger partial charge in [0.25, 0.3) is 0 Å². The van der Waals surface area contributed by atoms with Crippen molar-refractivity contribution in [2.75, 3.05) is 26.5 Å². The number of hydrogen-bond donors (Lipinski definition) is 2. The summed E-state index contributed by atoms with van der Waals surface area (Å²) in [6.07, 6.45) is 2.58. The van der Waals surface area contributed by atoms with Crippen LogP contribution in [0.3, 0.4) is 0 Å². The predicted octanol–water partition coefficient (Wildman–Crippen LogP) is 2.78. The van der Waals surface area contributed by atoms with Crippen molar-refractivity contribution < 1.29 is 14.6 Å². The van der Waals surface area contributed by atoms with Crippen LogP contribution < -0.4 is 14.8 Å². The molecule has 0 saturated carbocycles. The Morgan fingerprint density at radius 2 is 1.95 bits per heavy atom. The highest BCUT2D eigenvalue weighted by atomic mass is 32.2. The number of methoxy groups -OCH3 is 2. The Balaban J connectivity index is 1.98. The molecule has 0 bridgehead atoms. The molecule has 112 valence electrons. The maximum Gasteiger partial charge on any atom is 0.200 e. The van der Waals surface area contributed by atoms with Crippen LogP contribution in [0.5, 0.6) is 17.2 Å². The quantitative estimate of drug-likeness (QED) is 0.845. The van der Waals surface area contributed by atoms with E-state index in [0.717, 1.165) is 18.7 Å². The second kappa shape index (κ2) is 6.59. The molecule has 2 N–H and O–H groups in total. The van der Waals surface area contributed by atoms with Gasteiger partial charge in [-0.2, -0.15) is 11.8 Å². The van der Waals surface area contributed by atoms with Gasteiger partial charge in [-0.25, -0.2) is 0 Å². The molecule has 1 aromatic carbocycles. The molecule has 2 rings (SSSR count). The monoisotopic (exact) mass is 297 g/mol. The summed E-state index contributed by atoms with van der Waals surface area (Å²) in [5.74, 6) is 2.21. The molecule has 20 heavy (non-hydrogen) atoms. The van der Waals surface area contributed by atoms with Crippen molar-refractivity contribution in [1.82, 2.24) is 5.32 Å². The van der Waals surface area contributed by atoms with Gasteiger partial charge in [-0.15, -0.1) is 0 Å². The van der Waals surface area contributed by atoms with Crippen molar-refractivity contribution in [2.24, 2.45) is 0 Å². The topological polar surface area (TPSA) is 50.7 Å². The number of benzene rings is 1. The fourth-order valence-corrected chi connectivity index (χ4v) is 3.77. The van der Waals surface area contributed by atoms with Crippen LogP contribution in [-0.4, -0.2) is 36.4 Å². The predicted molar refractivity (Wildman–Crippen MR) is 83.0 cm³/mol. The van der Waals surface area contributed by atoms with Gasteiger partial charge in [0.2, 0.25) is 5.75 Å². The Labute approximate surface area is 124 Å². The van der Waals surface area contributed by atoms with Crippen LogP contribution in [0.15, 0.2) is 12.1 Å². The highest BCUT2D eigenvalue weighted by molar-refractivity contribution is 8.00. The third-order valence-electron chi connectivity index (χ3n) is 3.67. The number of phenolic OH excluding ortho intramolecular Hbond substituents is 1. The normalized spacial score (nSPS) is 21.9. The molecule has 1 heterocycles. The third kappa shape index (κ3) is 3.52. The molecule has 5 heteroatoms. The molecule has 0 aliphatic carbocycles. The van der Waals surface area contributed by atoms with Gasteiger partial charge in [-0.1, -0.05) is 0 Å². The van der Waals surface area contributed by atoms with E-state index in [2.05, 4.69) is 12.2 Å². The molecule has 1 aliphatic heterocycles. The number of nitrogens with one attached hydrogen (secondary N) is 1. The molecule has 1 aliphatic rings. The standard InChI is InChI=1S/C15H23NO3S/c1-15(5-4-6-20-15)10-16-9-11-7-12(18-2)14(17)13(8-11)19-3/h7-8,16-17H,4-6,9-10H2,1-3H3. The van der Waals surface area contributed by atoms with Crippen LogP contribution in [0.1, 0.15) is 25.3 Å². The van der Waals surface area contributed by atoms with Crippen molar-refractivity contribution in [3.05, 3.63) is 17.7 Å². The fraction of sp³-hybridized carbons (Fsp3) is 0.600. The summed E-state index contributed by atoms with van der Waals surface area (Å²) in [6.45, 7) is 4.04. The zero-order valence-corrected chi connectivity index (χ0v) is 13.2. The van der Waals surface area contributed by atoms with Gasteiger partial charge in [0.05, 0.1) is 14.2 Å². The van der Waals surface area contributed by atoms with Crippen molar-refractivity contribution in [1.29, 1.82) is 0 Å². The molecule has 0 radical (unpaired) electrons. The zero-order chi connectivity index (χ0) is 14.6. The molecule has 1 atom stereocenters. The smallest absolute Gasteiger partial charge is 0.200 e. The highest BCUT2D eigenvalue weighted by Gasteiger charge is 2.28. The van der Waals surface area contributed by atoms with Crippen LogP contribution in [0, 0.1) is 0 Å². The van der Waals surface area contributed by atoms with E-state index in [4.69, 9.17) is 9.47 Å². The fourth-order valence-electron chi connectivity index (χ4n) is 2.50. The lowest BCUT2D eigenvalue weighted by Crippen LogP contribution is -2.32. The Kier molecular flexibility index (Phi) is 5.05. The molecule has 4 nitrogen and oxygen atoms in total. The number of aromatic hydroxyl groups is 1. The first-order valence-corrected chi connectivity index (χ1v) is 7.85. The third-order valence-corrected chi connectivity index (χ3v) is 5.21. The molecular formula is C15H23NO3S. The minimum atomic E-state index is 0.0528. The van der Waals surface area contributed by atoms with E-state index >= 15 is 0 Å². The molecule has 0 amide bonds. The van der Waals surface area contributed by atoms with E-state index < -0.39 is 0 Å². The van der Waals surface area contributed by atoms with Crippen LogP contribution >= 0.6 is 11.8 Å². The largest absolute Gasteiger partial charge is 0.502 e. The van der Waals surface area contributed by atoms with Crippen molar-refractivity contribution in [3.8, 4) is 17.2 Å². The summed E-state index contributed by atoms with van der Waals surface area (Å²) in [6, 6.07) is 3.68. The Morgan fingerprint density at radius 3 is 2.45 bits per heavy atom. The number of hydrogen-bond acceptors (Lipinski definition) is 5. The van der Waals surface area contributed by atoms with E-state index in [1.54, 1.807) is 14.2 Å². The van der Waals surface area contributed by atoms with Gasteiger partial charge in [0.1, 0.15) is 0 Å². The first kappa shape index (κ1) is 15.3. The lowest BCUT2D eigenvalue weighted by Gasteiger charge is -2.23. The van der Waals surface area contributed by atoms with E-state index in [0.29, 0.717) is 16.2 Å². The zero-order valence-electron chi connectivity index (χ0n) is 12.4.